The summed E-state index contributed by atoms with van der Waals surface area (Å²) in [4.78, 5) is 0. The zero-order chi connectivity index (χ0) is 7.40. The van der Waals surface area contributed by atoms with Gasteiger partial charge in [0, 0.05) is 12.1 Å². The second kappa shape index (κ2) is 3.97. The smallest absolute Gasteiger partial charge is 0.00695 e. The lowest BCUT2D eigenvalue weighted by molar-refractivity contribution is 0.442. The van der Waals surface area contributed by atoms with E-state index >= 15 is 0 Å². The van der Waals surface area contributed by atoms with Gasteiger partial charge in [0.25, 0.3) is 0 Å². The fourth-order valence-electron chi connectivity index (χ4n) is 1.61. The molecule has 0 aliphatic heterocycles. The molecule has 1 atom stereocenters. The Labute approximate surface area is 64.2 Å². The van der Waals surface area contributed by atoms with Crippen LogP contribution in [0.15, 0.2) is 0 Å². The van der Waals surface area contributed by atoms with Gasteiger partial charge in [0.05, 0.1) is 0 Å². The van der Waals surface area contributed by atoms with Gasteiger partial charge < -0.3 is 5.32 Å². The molecule has 0 amide bonds. The van der Waals surface area contributed by atoms with Crippen LogP contribution in [-0.2, 0) is 0 Å². The van der Waals surface area contributed by atoms with Crippen molar-refractivity contribution in [3.8, 4) is 0 Å². The normalized spacial score (nSPS) is 23.4. The molecule has 1 aliphatic rings. The van der Waals surface area contributed by atoms with Crippen molar-refractivity contribution >= 4 is 0 Å². The van der Waals surface area contributed by atoms with Crippen molar-refractivity contribution in [3.05, 3.63) is 0 Å². The van der Waals surface area contributed by atoms with Crippen LogP contribution in [0, 0.1) is 0 Å². The summed E-state index contributed by atoms with van der Waals surface area (Å²) in [6.07, 6.45) is 6.95. The minimum atomic E-state index is 0.725. The number of hydrogen-bond donors (Lipinski definition) is 1. The molecule has 1 heteroatoms. The van der Waals surface area contributed by atoms with E-state index in [-0.39, 0.29) is 0 Å². The molecule has 60 valence electrons. The molecule has 0 heterocycles. The van der Waals surface area contributed by atoms with Gasteiger partial charge in [-0.3, -0.25) is 0 Å². The van der Waals surface area contributed by atoms with Gasteiger partial charge >= 0.3 is 0 Å². The number of hydrogen-bond acceptors (Lipinski definition) is 1. The molecule has 10 heavy (non-hydrogen) atoms. The summed E-state index contributed by atoms with van der Waals surface area (Å²) in [5.74, 6) is 0. The van der Waals surface area contributed by atoms with Gasteiger partial charge in [0.2, 0.25) is 0 Å². The lowest BCUT2D eigenvalue weighted by atomic mass is 10.2. The van der Waals surface area contributed by atoms with Crippen molar-refractivity contribution in [2.75, 3.05) is 0 Å². The molecule has 1 saturated carbocycles. The van der Waals surface area contributed by atoms with Crippen molar-refractivity contribution in [3.63, 3.8) is 0 Å². The monoisotopic (exact) mass is 141 g/mol. The summed E-state index contributed by atoms with van der Waals surface area (Å²) in [6, 6.07) is 1.57. The Bertz CT molecular complexity index is 84.7. The molecule has 1 fully saturated rings. The third-order valence-corrected chi connectivity index (χ3v) is 2.49. The zero-order valence-corrected chi connectivity index (χ0v) is 7.19. The van der Waals surface area contributed by atoms with Gasteiger partial charge in [-0.15, -0.1) is 0 Å². The second-order valence-electron chi connectivity index (χ2n) is 3.46. The first kappa shape index (κ1) is 8.06. The summed E-state index contributed by atoms with van der Waals surface area (Å²) in [7, 11) is 0. The topological polar surface area (TPSA) is 12.0 Å². The van der Waals surface area contributed by atoms with Crippen molar-refractivity contribution in [2.45, 2.75) is 58.0 Å². The van der Waals surface area contributed by atoms with E-state index in [1.165, 1.54) is 32.1 Å². The van der Waals surface area contributed by atoms with E-state index in [1.807, 2.05) is 0 Å². The second-order valence-corrected chi connectivity index (χ2v) is 3.46. The molecule has 1 unspecified atom stereocenters. The zero-order valence-electron chi connectivity index (χ0n) is 7.19. The molecule has 0 spiro atoms. The fraction of sp³-hybridized carbons (Fsp3) is 1.00. The summed E-state index contributed by atoms with van der Waals surface area (Å²) < 4.78 is 0. The van der Waals surface area contributed by atoms with Gasteiger partial charge in [-0.1, -0.05) is 19.8 Å². The molecule has 1 rings (SSSR count). The highest BCUT2D eigenvalue weighted by Gasteiger charge is 2.15. The number of nitrogens with one attached hydrogen (secondary N) is 1. The van der Waals surface area contributed by atoms with Crippen LogP contribution in [0.1, 0.15) is 46.0 Å². The molecule has 0 saturated heterocycles. The predicted octanol–water partition coefficient (Wildman–Crippen LogP) is 2.32. The highest BCUT2D eigenvalue weighted by molar-refractivity contribution is 4.75. The molecule has 1 N–H and O–H groups in total. The van der Waals surface area contributed by atoms with E-state index in [2.05, 4.69) is 19.2 Å². The van der Waals surface area contributed by atoms with Gasteiger partial charge in [-0.25, -0.2) is 0 Å². The Morgan fingerprint density at radius 1 is 1.40 bits per heavy atom. The van der Waals surface area contributed by atoms with Gasteiger partial charge in [-0.05, 0) is 26.2 Å². The van der Waals surface area contributed by atoms with Crippen molar-refractivity contribution in [1.82, 2.24) is 5.32 Å². The van der Waals surface area contributed by atoms with Crippen LogP contribution in [0.2, 0.25) is 0 Å². The van der Waals surface area contributed by atoms with Crippen LogP contribution in [0.3, 0.4) is 0 Å². The largest absolute Gasteiger partial charge is 0.312 e. The molecule has 0 aromatic heterocycles. The average molecular weight is 141 g/mol. The Balaban J connectivity index is 2.11. The maximum atomic E-state index is 3.63. The predicted molar refractivity (Wildman–Crippen MR) is 45.1 cm³/mol. The standard InChI is InChI=1S/C9H19N/c1-3-8(2)10-9-6-4-5-7-9/h8-10H,3-7H2,1-2H3. The van der Waals surface area contributed by atoms with Crippen LogP contribution in [0.4, 0.5) is 0 Å². The quantitative estimate of drug-likeness (QED) is 0.636. The highest BCUT2D eigenvalue weighted by atomic mass is 14.9. The number of rotatable bonds is 3. The summed E-state index contributed by atoms with van der Waals surface area (Å²) in [6.45, 7) is 4.52. The van der Waals surface area contributed by atoms with Gasteiger partial charge in [0.1, 0.15) is 0 Å². The Morgan fingerprint density at radius 2 is 2.00 bits per heavy atom. The van der Waals surface area contributed by atoms with E-state index in [4.69, 9.17) is 0 Å². The summed E-state index contributed by atoms with van der Waals surface area (Å²) >= 11 is 0. The maximum absolute atomic E-state index is 3.63. The average Bonchev–Trinajstić information content (AvgIpc) is 2.40. The van der Waals surface area contributed by atoms with Crippen LogP contribution >= 0.6 is 0 Å². The first-order valence-electron chi connectivity index (χ1n) is 4.59. The summed E-state index contributed by atoms with van der Waals surface area (Å²) in [5.41, 5.74) is 0. The molecule has 0 aromatic carbocycles. The van der Waals surface area contributed by atoms with Crippen LogP contribution in [0.25, 0.3) is 0 Å². The van der Waals surface area contributed by atoms with Crippen molar-refractivity contribution < 1.29 is 0 Å². The van der Waals surface area contributed by atoms with E-state index in [0.29, 0.717) is 0 Å². The third kappa shape index (κ3) is 2.30. The van der Waals surface area contributed by atoms with Crippen LogP contribution in [-0.4, -0.2) is 12.1 Å². The lowest BCUT2D eigenvalue weighted by Gasteiger charge is -2.16. The van der Waals surface area contributed by atoms with Crippen molar-refractivity contribution in [2.24, 2.45) is 0 Å². The van der Waals surface area contributed by atoms with Gasteiger partial charge in [0.15, 0.2) is 0 Å². The Hall–Kier alpha value is -0.0400. The molecule has 1 aliphatic carbocycles. The van der Waals surface area contributed by atoms with E-state index in [9.17, 15) is 0 Å². The first-order chi connectivity index (χ1) is 4.83. The van der Waals surface area contributed by atoms with Crippen molar-refractivity contribution in [1.29, 1.82) is 0 Å². The maximum Gasteiger partial charge on any atom is 0.00695 e. The molecule has 0 bridgehead atoms. The molecular formula is C9H19N. The van der Waals surface area contributed by atoms with E-state index < -0.39 is 0 Å². The van der Waals surface area contributed by atoms with Gasteiger partial charge in [-0.2, -0.15) is 0 Å². The molecule has 1 nitrogen and oxygen atoms in total. The summed E-state index contributed by atoms with van der Waals surface area (Å²) in [5, 5.41) is 3.63. The Morgan fingerprint density at radius 3 is 2.50 bits per heavy atom. The van der Waals surface area contributed by atoms with Crippen LogP contribution in [0.5, 0.6) is 0 Å². The highest BCUT2D eigenvalue weighted by Crippen LogP contribution is 2.18. The van der Waals surface area contributed by atoms with E-state index in [0.717, 1.165) is 12.1 Å². The molecule has 0 aromatic rings. The fourth-order valence-corrected chi connectivity index (χ4v) is 1.61. The minimum absolute atomic E-state index is 0.725. The first-order valence-corrected chi connectivity index (χ1v) is 4.59. The Kier molecular flexibility index (Phi) is 3.20. The SMILES string of the molecule is CCC(C)NC1CCCC1. The third-order valence-electron chi connectivity index (χ3n) is 2.49. The molecular weight excluding hydrogens is 122 g/mol. The van der Waals surface area contributed by atoms with Crippen LogP contribution < -0.4 is 5.32 Å². The van der Waals surface area contributed by atoms with E-state index in [1.54, 1.807) is 0 Å². The molecule has 0 radical (unpaired) electrons. The minimum Gasteiger partial charge on any atom is -0.312 e. The lowest BCUT2D eigenvalue weighted by Crippen LogP contribution is -2.33.